The highest BCUT2D eigenvalue weighted by Crippen LogP contribution is 2.26. The Morgan fingerprint density at radius 2 is 1.31 bits per heavy atom. The fraction of sp³-hybridized carbons (Fsp3) is 0.700. The van der Waals surface area contributed by atoms with Gasteiger partial charge in [0.25, 0.3) is 5.97 Å². The SMILES string of the molecule is CCCCCCCCC(CCCCc1cc(F)c(F)c(F)c1)C(O)(O)O. The first-order valence-corrected chi connectivity index (χ1v) is 9.56. The van der Waals surface area contributed by atoms with Crippen molar-refractivity contribution in [2.24, 2.45) is 5.92 Å². The number of aliphatic hydroxyl groups is 3. The van der Waals surface area contributed by atoms with Crippen LogP contribution in [0.4, 0.5) is 13.2 Å². The summed E-state index contributed by atoms with van der Waals surface area (Å²) < 4.78 is 39.3. The van der Waals surface area contributed by atoms with E-state index in [1.807, 2.05) is 0 Å². The lowest BCUT2D eigenvalue weighted by atomic mass is 9.92. The lowest BCUT2D eigenvalue weighted by Crippen LogP contribution is -2.37. The van der Waals surface area contributed by atoms with Crippen LogP contribution in [0.1, 0.15) is 76.7 Å². The lowest BCUT2D eigenvalue weighted by Gasteiger charge is -2.26. The van der Waals surface area contributed by atoms with Gasteiger partial charge >= 0.3 is 0 Å². The van der Waals surface area contributed by atoms with Crippen LogP contribution in [0.2, 0.25) is 0 Å². The number of aryl methyl sites for hydroxylation is 1. The minimum atomic E-state index is -2.71. The van der Waals surface area contributed by atoms with Crippen LogP contribution in [-0.2, 0) is 6.42 Å². The molecule has 1 unspecified atom stereocenters. The van der Waals surface area contributed by atoms with Crippen molar-refractivity contribution in [3.63, 3.8) is 0 Å². The zero-order chi connectivity index (χ0) is 19.6. The Morgan fingerprint density at radius 3 is 1.85 bits per heavy atom. The normalized spacial score (nSPS) is 13.2. The Labute approximate surface area is 153 Å². The van der Waals surface area contributed by atoms with Gasteiger partial charge in [0.15, 0.2) is 17.5 Å². The van der Waals surface area contributed by atoms with Gasteiger partial charge in [-0.25, -0.2) is 13.2 Å². The van der Waals surface area contributed by atoms with Crippen LogP contribution in [0.25, 0.3) is 0 Å². The third-order valence-electron chi connectivity index (χ3n) is 4.77. The largest absolute Gasteiger partial charge is 0.343 e. The van der Waals surface area contributed by atoms with Crippen LogP contribution in [0, 0.1) is 23.4 Å². The highest BCUT2D eigenvalue weighted by molar-refractivity contribution is 5.19. The summed E-state index contributed by atoms with van der Waals surface area (Å²) in [6.45, 7) is 2.14. The van der Waals surface area contributed by atoms with Crippen LogP contribution in [-0.4, -0.2) is 21.3 Å². The van der Waals surface area contributed by atoms with E-state index in [9.17, 15) is 28.5 Å². The molecule has 3 N–H and O–H groups in total. The maximum atomic E-state index is 13.2. The first-order valence-electron chi connectivity index (χ1n) is 9.56. The molecule has 0 saturated carbocycles. The summed E-state index contributed by atoms with van der Waals surface area (Å²) in [5, 5.41) is 28.5. The van der Waals surface area contributed by atoms with Crippen molar-refractivity contribution in [2.45, 2.75) is 83.5 Å². The summed E-state index contributed by atoms with van der Waals surface area (Å²) in [5.74, 6) is -7.26. The highest BCUT2D eigenvalue weighted by Gasteiger charge is 2.30. The first kappa shape index (κ1) is 22.9. The molecule has 0 aliphatic rings. The molecule has 150 valence electrons. The van der Waals surface area contributed by atoms with Crippen molar-refractivity contribution < 1.29 is 28.5 Å². The second-order valence-corrected chi connectivity index (χ2v) is 7.06. The van der Waals surface area contributed by atoms with Crippen LogP contribution in [0.3, 0.4) is 0 Å². The second kappa shape index (κ2) is 11.6. The van der Waals surface area contributed by atoms with Gasteiger partial charge in [-0.15, -0.1) is 0 Å². The number of hydrogen-bond acceptors (Lipinski definition) is 3. The van der Waals surface area contributed by atoms with E-state index < -0.39 is 29.3 Å². The number of benzene rings is 1. The minimum absolute atomic E-state index is 0.354. The summed E-state index contributed by atoms with van der Waals surface area (Å²) in [4.78, 5) is 0. The molecule has 0 aliphatic carbocycles. The smallest absolute Gasteiger partial charge is 0.278 e. The molecule has 0 spiro atoms. The molecular weight excluding hydrogens is 345 g/mol. The zero-order valence-electron chi connectivity index (χ0n) is 15.5. The number of unbranched alkanes of at least 4 members (excludes halogenated alkanes) is 6. The summed E-state index contributed by atoms with van der Waals surface area (Å²) in [6.07, 6.45) is 8.78. The van der Waals surface area contributed by atoms with Crippen LogP contribution >= 0.6 is 0 Å². The predicted molar refractivity (Wildman–Crippen MR) is 94.7 cm³/mol. The van der Waals surface area contributed by atoms with Crippen molar-refractivity contribution in [1.29, 1.82) is 0 Å². The topological polar surface area (TPSA) is 60.7 Å². The van der Waals surface area contributed by atoms with E-state index in [2.05, 4.69) is 6.92 Å². The van der Waals surface area contributed by atoms with E-state index in [-0.39, 0.29) is 0 Å². The zero-order valence-corrected chi connectivity index (χ0v) is 15.5. The lowest BCUT2D eigenvalue weighted by molar-refractivity contribution is -0.344. The Bertz CT molecular complexity index is 507. The average Bonchev–Trinajstić information content (AvgIpc) is 2.56. The molecule has 1 aromatic rings. The molecule has 0 amide bonds. The molecule has 0 radical (unpaired) electrons. The van der Waals surface area contributed by atoms with Gasteiger partial charge in [-0.1, -0.05) is 51.9 Å². The Kier molecular flexibility index (Phi) is 10.2. The van der Waals surface area contributed by atoms with Crippen LogP contribution in [0.15, 0.2) is 12.1 Å². The first-order chi connectivity index (χ1) is 12.3. The maximum Gasteiger partial charge on any atom is 0.278 e. The molecule has 1 rings (SSSR count). The van der Waals surface area contributed by atoms with Gasteiger partial charge in [0.2, 0.25) is 0 Å². The molecule has 1 atom stereocenters. The molecule has 0 aliphatic heterocycles. The number of halogens is 3. The molecule has 1 aromatic carbocycles. The van der Waals surface area contributed by atoms with Crippen LogP contribution < -0.4 is 0 Å². The molecule has 6 heteroatoms. The molecule has 0 fully saturated rings. The molecule has 0 heterocycles. The van der Waals surface area contributed by atoms with Crippen molar-refractivity contribution in [3.8, 4) is 0 Å². The quantitative estimate of drug-likeness (QED) is 0.263. The van der Waals surface area contributed by atoms with E-state index in [1.54, 1.807) is 0 Å². The summed E-state index contributed by atoms with van der Waals surface area (Å²) in [6, 6.07) is 1.95. The molecule has 0 saturated heterocycles. The summed E-state index contributed by atoms with van der Waals surface area (Å²) in [5.41, 5.74) is 0.358. The van der Waals surface area contributed by atoms with Gasteiger partial charge in [0.05, 0.1) is 0 Å². The maximum absolute atomic E-state index is 13.2. The van der Waals surface area contributed by atoms with Gasteiger partial charge in [0.1, 0.15) is 0 Å². The molecule has 3 nitrogen and oxygen atoms in total. The second-order valence-electron chi connectivity index (χ2n) is 7.06. The highest BCUT2D eigenvalue weighted by atomic mass is 19.2. The Hall–Kier alpha value is -1.11. The molecular formula is C20H31F3O3. The Morgan fingerprint density at radius 1 is 0.808 bits per heavy atom. The minimum Gasteiger partial charge on any atom is -0.343 e. The van der Waals surface area contributed by atoms with Crippen molar-refractivity contribution in [1.82, 2.24) is 0 Å². The fourth-order valence-corrected chi connectivity index (χ4v) is 3.17. The number of hydrogen-bond donors (Lipinski definition) is 3. The van der Waals surface area contributed by atoms with Gasteiger partial charge in [-0.3, -0.25) is 0 Å². The van der Waals surface area contributed by atoms with E-state index in [0.29, 0.717) is 37.7 Å². The third kappa shape index (κ3) is 8.52. The van der Waals surface area contributed by atoms with Crippen molar-refractivity contribution >= 4 is 0 Å². The average molecular weight is 376 g/mol. The summed E-state index contributed by atoms with van der Waals surface area (Å²) in [7, 11) is 0. The van der Waals surface area contributed by atoms with Crippen molar-refractivity contribution in [2.75, 3.05) is 0 Å². The van der Waals surface area contributed by atoms with Crippen LogP contribution in [0.5, 0.6) is 0 Å². The van der Waals surface area contributed by atoms with E-state index >= 15 is 0 Å². The van der Waals surface area contributed by atoms with E-state index in [4.69, 9.17) is 0 Å². The third-order valence-corrected chi connectivity index (χ3v) is 4.77. The standard InChI is InChI=1S/C20H31F3O3/c1-2-3-4-5-6-7-11-16(20(24,25)26)12-9-8-10-15-13-17(21)19(23)18(22)14-15/h13-14,16,24-26H,2-12H2,1H3. The van der Waals surface area contributed by atoms with Gasteiger partial charge in [-0.2, -0.15) is 0 Å². The fourth-order valence-electron chi connectivity index (χ4n) is 3.17. The van der Waals surface area contributed by atoms with Gasteiger partial charge in [0, 0.05) is 5.92 Å². The van der Waals surface area contributed by atoms with Crippen molar-refractivity contribution in [3.05, 3.63) is 35.1 Å². The Balaban J connectivity index is 2.35. The molecule has 0 bridgehead atoms. The number of rotatable bonds is 13. The van der Waals surface area contributed by atoms with Gasteiger partial charge in [-0.05, 0) is 43.4 Å². The summed E-state index contributed by atoms with van der Waals surface area (Å²) >= 11 is 0. The van der Waals surface area contributed by atoms with E-state index in [1.165, 1.54) is 6.42 Å². The molecule has 0 aromatic heterocycles. The monoisotopic (exact) mass is 376 g/mol. The molecule has 26 heavy (non-hydrogen) atoms. The predicted octanol–water partition coefficient (Wildman–Crippen LogP) is 4.81. The van der Waals surface area contributed by atoms with Gasteiger partial charge < -0.3 is 15.3 Å². The van der Waals surface area contributed by atoms with E-state index in [0.717, 1.165) is 44.2 Å².